The van der Waals surface area contributed by atoms with Gasteiger partial charge in [-0.05, 0) is 37.5 Å². The van der Waals surface area contributed by atoms with Crippen LogP contribution in [0.4, 0.5) is 0 Å². The second-order valence-corrected chi connectivity index (χ2v) is 7.36. The topological polar surface area (TPSA) is 96.0 Å². The molecule has 0 unspecified atom stereocenters. The number of allylic oxidation sites excluding steroid dienone is 2. The molecule has 7 heteroatoms. The van der Waals surface area contributed by atoms with E-state index in [1.165, 1.54) is 21.0 Å². The van der Waals surface area contributed by atoms with Crippen LogP contribution in [0.15, 0.2) is 22.8 Å². The number of methoxy groups -OCH3 is 1. The van der Waals surface area contributed by atoms with Gasteiger partial charge in [0, 0.05) is 32.6 Å². The summed E-state index contributed by atoms with van der Waals surface area (Å²) in [5.74, 6) is -2.55. The molecule has 7 nitrogen and oxygen atoms in total. The summed E-state index contributed by atoms with van der Waals surface area (Å²) in [6, 6.07) is 0. The van der Waals surface area contributed by atoms with E-state index >= 15 is 0 Å². The van der Waals surface area contributed by atoms with Crippen molar-refractivity contribution in [3.05, 3.63) is 22.8 Å². The second kappa shape index (κ2) is 7.66. The summed E-state index contributed by atoms with van der Waals surface area (Å²) in [5.41, 5.74) is 0.755. The minimum Gasteiger partial charge on any atom is -0.469 e. The third-order valence-electron chi connectivity index (χ3n) is 5.38. The molecule has 2 aliphatic rings. The second-order valence-electron chi connectivity index (χ2n) is 7.36. The highest BCUT2D eigenvalue weighted by molar-refractivity contribution is 5.99. The third-order valence-corrected chi connectivity index (χ3v) is 5.38. The highest BCUT2D eigenvalue weighted by Crippen LogP contribution is 2.47. The van der Waals surface area contributed by atoms with Gasteiger partial charge in [-0.3, -0.25) is 19.2 Å². The largest absolute Gasteiger partial charge is 0.469 e. The molecule has 27 heavy (non-hydrogen) atoms. The van der Waals surface area contributed by atoms with Crippen LogP contribution in [0, 0.1) is 11.8 Å². The number of ether oxygens (including phenoxy) is 3. The number of rotatable bonds is 4. The lowest BCUT2D eigenvalue weighted by Crippen LogP contribution is -2.43. The maximum atomic E-state index is 12.3. The average molecular weight is 378 g/mol. The van der Waals surface area contributed by atoms with Crippen molar-refractivity contribution < 1.29 is 33.4 Å². The van der Waals surface area contributed by atoms with Crippen molar-refractivity contribution in [2.75, 3.05) is 7.11 Å². The minimum atomic E-state index is -1.05. The van der Waals surface area contributed by atoms with Crippen LogP contribution in [0.25, 0.3) is 0 Å². The summed E-state index contributed by atoms with van der Waals surface area (Å²) in [6.45, 7) is 7.69. The van der Waals surface area contributed by atoms with Crippen LogP contribution in [-0.4, -0.2) is 42.5 Å². The number of fused-ring (bicyclic) bond motifs is 1. The quantitative estimate of drug-likeness (QED) is 0.547. The van der Waals surface area contributed by atoms with Gasteiger partial charge < -0.3 is 14.2 Å². The smallest absolute Gasteiger partial charge is 0.312 e. The van der Waals surface area contributed by atoms with E-state index in [9.17, 15) is 19.2 Å². The van der Waals surface area contributed by atoms with Crippen LogP contribution in [-0.2, 0) is 33.4 Å². The van der Waals surface area contributed by atoms with E-state index < -0.39 is 35.5 Å². The number of hydrogen-bond acceptors (Lipinski definition) is 7. The number of carbonyl (C=O) groups excluding carboxylic acids is 4. The molecular formula is C20H26O7. The molecule has 0 saturated heterocycles. The van der Waals surface area contributed by atoms with Crippen LogP contribution in [0.5, 0.6) is 0 Å². The monoisotopic (exact) mass is 378 g/mol. The highest BCUT2D eigenvalue weighted by atomic mass is 16.6. The first-order valence-corrected chi connectivity index (χ1v) is 8.90. The molecule has 0 amide bonds. The van der Waals surface area contributed by atoms with Gasteiger partial charge in [-0.15, -0.1) is 0 Å². The summed E-state index contributed by atoms with van der Waals surface area (Å²) in [7, 11) is 1.28. The first-order valence-electron chi connectivity index (χ1n) is 8.90. The van der Waals surface area contributed by atoms with Gasteiger partial charge in [0.15, 0.2) is 5.78 Å². The Morgan fingerprint density at radius 1 is 1.22 bits per heavy atom. The molecule has 2 aliphatic carbocycles. The predicted octanol–water partition coefficient (Wildman–Crippen LogP) is 2.28. The van der Waals surface area contributed by atoms with Crippen LogP contribution in [0.2, 0.25) is 0 Å². The molecule has 0 spiro atoms. The highest BCUT2D eigenvalue weighted by Gasteiger charge is 2.50. The molecule has 0 saturated carbocycles. The zero-order valence-corrected chi connectivity index (χ0v) is 16.6. The van der Waals surface area contributed by atoms with Crippen LogP contribution < -0.4 is 0 Å². The molecule has 0 aromatic rings. The van der Waals surface area contributed by atoms with Crippen molar-refractivity contribution in [3.63, 3.8) is 0 Å². The summed E-state index contributed by atoms with van der Waals surface area (Å²) >= 11 is 0. The van der Waals surface area contributed by atoms with Crippen molar-refractivity contribution in [3.8, 4) is 0 Å². The predicted molar refractivity (Wildman–Crippen MR) is 95.4 cm³/mol. The molecule has 2 rings (SSSR count). The standard InChI is InChI=1S/C20H26O7/c1-10-14-7-15(11(2)19(24)25-6)18(26-12(3)21)9-20(5,27-13(4)22)16(14)8-17(10)23/h7,11,16,18H,8-9H2,1-6H3/t11-,16+,18-,20+/m0/s1. The maximum Gasteiger partial charge on any atom is 0.312 e. The number of hydrogen-bond donors (Lipinski definition) is 0. The van der Waals surface area contributed by atoms with Gasteiger partial charge in [-0.25, -0.2) is 0 Å². The summed E-state index contributed by atoms with van der Waals surface area (Å²) < 4.78 is 16.0. The SMILES string of the molecule is COC(=O)[C@@H](C)C1=CC2=C(C)C(=O)C[C@H]2[C@](C)(OC(C)=O)C[C@@H]1OC(C)=O. The van der Waals surface area contributed by atoms with Gasteiger partial charge in [-0.1, -0.05) is 6.08 Å². The Labute approximate surface area is 158 Å². The zero-order chi connectivity index (χ0) is 20.5. The molecule has 0 heterocycles. The van der Waals surface area contributed by atoms with Crippen molar-refractivity contribution in [2.45, 2.75) is 59.2 Å². The summed E-state index contributed by atoms with van der Waals surface area (Å²) in [5, 5.41) is 0. The molecule has 0 fully saturated rings. The number of Topliss-reactive ketones (excluding diaryl/α,β-unsaturated/α-hetero) is 1. The lowest BCUT2D eigenvalue weighted by atomic mass is 9.81. The van der Waals surface area contributed by atoms with Crippen LogP contribution in [0.3, 0.4) is 0 Å². The molecule has 0 radical (unpaired) electrons. The van der Waals surface area contributed by atoms with Crippen molar-refractivity contribution in [2.24, 2.45) is 11.8 Å². The summed E-state index contributed by atoms with van der Waals surface area (Å²) in [6.07, 6.45) is 1.32. The maximum absolute atomic E-state index is 12.3. The molecule has 0 bridgehead atoms. The Morgan fingerprint density at radius 2 is 1.85 bits per heavy atom. The Hall–Kier alpha value is -2.44. The van der Waals surface area contributed by atoms with Crippen molar-refractivity contribution >= 4 is 23.7 Å². The van der Waals surface area contributed by atoms with Crippen molar-refractivity contribution in [1.82, 2.24) is 0 Å². The van der Waals surface area contributed by atoms with E-state index in [2.05, 4.69) is 0 Å². The lowest BCUT2D eigenvalue weighted by molar-refractivity contribution is -0.166. The zero-order valence-electron chi connectivity index (χ0n) is 16.6. The van der Waals surface area contributed by atoms with Crippen LogP contribution in [0.1, 0.15) is 47.5 Å². The Kier molecular flexibility index (Phi) is 5.92. The third kappa shape index (κ3) is 4.12. The fourth-order valence-corrected chi connectivity index (χ4v) is 3.99. The number of carbonyl (C=O) groups is 4. The molecule has 0 N–H and O–H groups in total. The van der Waals surface area contributed by atoms with Gasteiger partial charge in [-0.2, -0.15) is 0 Å². The molecule has 0 aliphatic heterocycles. The molecule has 148 valence electrons. The summed E-state index contributed by atoms with van der Waals surface area (Å²) in [4.78, 5) is 48.0. The van der Waals surface area contributed by atoms with Crippen molar-refractivity contribution in [1.29, 1.82) is 0 Å². The molecular weight excluding hydrogens is 352 g/mol. The first-order chi connectivity index (χ1) is 12.5. The Morgan fingerprint density at radius 3 is 2.37 bits per heavy atom. The fraction of sp³-hybridized carbons (Fsp3) is 0.600. The lowest BCUT2D eigenvalue weighted by Gasteiger charge is -2.36. The van der Waals surface area contributed by atoms with Gasteiger partial charge >= 0.3 is 17.9 Å². The van der Waals surface area contributed by atoms with E-state index in [4.69, 9.17) is 14.2 Å². The molecule has 4 atom stereocenters. The van der Waals surface area contributed by atoms with E-state index in [-0.39, 0.29) is 24.5 Å². The van der Waals surface area contributed by atoms with Gasteiger partial charge in [0.1, 0.15) is 11.7 Å². The minimum absolute atomic E-state index is 0.0272. The van der Waals surface area contributed by atoms with Gasteiger partial charge in [0.25, 0.3) is 0 Å². The first kappa shape index (κ1) is 20.9. The van der Waals surface area contributed by atoms with Gasteiger partial charge in [0.2, 0.25) is 0 Å². The van der Waals surface area contributed by atoms with Gasteiger partial charge in [0.05, 0.1) is 13.0 Å². The molecule has 0 aromatic heterocycles. The van der Waals surface area contributed by atoms with E-state index in [1.54, 1.807) is 26.8 Å². The number of esters is 3. The Balaban J connectivity index is 2.64. The van der Waals surface area contributed by atoms with Crippen LogP contribution >= 0.6 is 0 Å². The average Bonchev–Trinajstić information content (AvgIpc) is 2.78. The fourth-order valence-electron chi connectivity index (χ4n) is 3.99. The Bertz CT molecular complexity index is 745. The molecule has 0 aromatic carbocycles. The number of ketones is 1. The van der Waals surface area contributed by atoms with E-state index in [0.29, 0.717) is 16.7 Å². The van der Waals surface area contributed by atoms with E-state index in [1.807, 2.05) is 0 Å². The van der Waals surface area contributed by atoms with E-state index in [0.717, 1.165) is 0 Å². The normalized spacial score (nSPS) is 28.7.